The molecule has 0 aliphatic carbocycles. The summed E-state index contributed by atoms with van der Waals surface area (Å²) < 4.78 is 0. The molecule has 0 fully saturated rings. The molecule has 0 radical (unpaired) electrons. The molecule has 20 heavy (non-hydrogen) atoms. The van der Waals surface area contributed by atoms with Gasteiger partial charge in [0, 0.05) is 25.3 Å². The molecule has 0 aliphatic heterocycles. The van der Waals surface area contributed by atoms with Crippen molar-refractivity contribution in [1.29, 1.82) is 0 Å². The Bertz CT molecular complexity index is 546. The molecule has 2 rings (SSSR count). The predicted molar refractivity (Wildman–Crippen MR) is 84.0 cm³/mol. The number of benzene rings is 1. The summed E-state index contributed by atoms with van der Waals surface area (Å²) in [6.45, 7) is 7.13. The van der Waals surface area contributed by atoms with Crippen LogP contribution in [0.15, 0.2) is 42.6 Å². The summed E-state index contributed by atoms with van der Waals surface area (Å²) in [5.41, 5.74) is 1.23. The van der Waals surface area contributed by atoms with Crippen LogP contribution in [0.5, 0.6) is 0 Å². The fourth-order valence-electron chi connectivity index (χ4n) is 1.91. The Hall–Kier alpha value is -2.10. The third-order valence-corrected chi connectivity index (χ3v) is 2.75. The summed E-state index contributed by atoms with van der Waals surface area (Å²) in [5, 5.41) is 3.36. The first kappa shape index (κ1) is 14.3. The summed E-state index contributed by atoms with van der Waals surface area (Å²) in [4.78, 5) is 10.9. The van der Waals surface area contributed by atoms with E-state index in [-0.39, 0.29) is 5.54 Å². The van der Waals surface area contributed by atoms with Crippen LogP contribution in [0.2, 0.25) is 0 Å². The Balaban J connectivity index is 2.10. The van der Waals surface area contributed by atoms with Crippen molar-refractivity contribution >= 4 is 11.8 Å². The standard InChI is InChI=1S/C16H22N4/c1-16(2,3)19-14-10-11-17-15(18-14)20(4)12-13-8-6-5-7-9-13/h5-11H,12H2,1-4H3,(H,17,18,19). The lowest BCUT2D eigenvalue weighted by atomic mass is 10.1. The monoisotopic (exact) mass is 270 g/mol. The summed E-state index contributed by atoms with van der Waals surface area (Å²) in [6.07, 6.45) is 1.79. The molecule has 1 aromatic heterocycles. The van der Waals surface area contributed by atoms with Gasteiger partial charge in [-0.05, 0) is 32.4 Å². The first-order valence-electron chi connectivity index (χ1n) is 6.80. The minimum absolute atomic E-state index is 0.0103. The maximum Gasteiger partial charge on any atom is 0.227 e. The lowest BCUT2D eigenvalue weighted by molar-refractivity contribution is 0.629. The molecule has 4 nitrogen and oxygen atoms in total. The quantitative estimate of drug-likeness (QED) is 0.925. The topological polar surface area (TPSA) is 41.1 Å². The van der Waals surface area contributed by atoms with Crippen molar-refractivity contribution in [3.05, 3.63) is 48.2 Å². The average molecular weight is 270 g/mol. The van der Waals surface area contributed by atoms with Crippen molar-refractivity contribution in [3.8, 4) is 0 Å². The number of hydrogen-bond acceptors (Lipinski definition) is 4. The molecule has 0 atom stereocenters. The maximum atomic E-state index is 4.56. The van der Waals surface area contributed by atoms with Crippen LogP contribution in [-0.4, -0.2) is 22.6 Å². The highest BCUT2D eigenvalue weighted by atomic mass is 15.2. The number of rotatable bonds is 4. The molecule has 2 aromatic rings. The van der Waals surface area contributed by atoms with Crippen LogP contribution in [-0.2, 0) is 6.54 Å². The van der Waals surface area contributed by atoms with Gasteiger partial charge in [0.25, 0.3) is 0 Å². The molecule has 0 saturated carbocycles. The summed E-state index contributed by atoms with van der Waals surface area (Å²) in [6, 6.07) is 12.2. The van der Waals surface area contributed by atoms with E-state index in [0.29, 0.717) is 0 Å². The number of nitrogens with zero attached hydrogens (tertiary/aromatic N) is 3. The molecular formula is C16H22N4. The lowest BCUT2D eigenvalue weighted by Gasteiger charge is -2.23. The fourth-order valence-corrected chi connectivity index (χ4v) is 1.91. The molecule has 0 aliphatic rings. The van der Waals surface area contributed by atoms with Crippen LogP contribution in [0.25, 0.3) is 0 Å². The zero-order chi connectivity index (χ0) is 14.6. The second-order valence-electron chi connectivity index (χ2n) is 5.96. The van der Waals surface area contributed by atoms with E-state index in [2.05, 4.69) is 48.2 Å². The molecule has 0 saturated heterocycles. The van der Waals surface area contributed by atoms with E-state index in [0.717, 1.165) is 18.3 Å². The van der Waals surface area contributed by atoms with Crippen molar-refractivity contribution < 1.29 is 0 Å². The zero-order valence-corrected chi connectivity index (χ0v) is 12.6. The van der Waals surface area contributed by atoms with E-state index < -0.39 is 0 Å². The van der Waals surface area contributed by atoms with E-state index in [4.69, 9.17) is 0 Å². The van der Waals surface area contributed by atoms with Gasteiger partial charge in [-0.25, -0.2) is 4.98 Å². The van der Waals surface area contributed by atoms with E-state index in [9.17, 15) is 0 Å². The third kappa shape index (κ3) is 4.23. The van der Waals surface area contributed by atoms with Gasteiger partial charge in [-0.1, -0.05) is 30.3 Å². The molecule has 0 bridgehead atoms. The maximum absolute atomic E-state index is 4.56. The third-order valence-electron chi connectivity index (χ3n) is 2.75. The Labute approximate surface area is 120 Å². The Morgan fingerprint density at radius 2 is 1.80 bits per heavy atom. The smallest absolute Gasteiger partial charge is 0.227 e. The van der Waals surface area contributed by atoms with Crippen molar-refractivity contribution in [2.75, 3.05) is 17.3 Å². The van der Waals surface area contributed by atoms with Gasteiger partial charge in [-0.2, -0.15) is 4.98 Å². The van der Waals surface area contributed by atoms with E-state index in [1.54, 1.807) is 6.20 Å². The molecular weight excluding hydrogens is 248 g/mol. The molecule has 106 valence electrons. The fraction of sp³-hybridized carbons (Fsp3) is 0.375. The number of nitrogens with one attached hydrogen (secondary N) is 1. The van der Waals surface area contributed by atoms with Gasteiger partial charge >= 0.3 is 0 Å². The number of hydrogen-bond donors (Lipinski definition) is 1. The lowest BCUT2D eigenvalue weighted by Crippen LogP contribution is -2.27. The van der Waals surface area contributed by atoms with Crippen LogP contribution >= 0.6 is 0 Å². The minimum Gasteiger partial charge on any atom is -0.365 e. The van der Waals surface area contributed by atoms with E-state index >= 15 is 0 Å². The van der Waals surface area contributed by atoms with E-state index in [1.165, 1.54) is 5.56 Å². The van der Waals surface area contributed by atoms with Gasteiger partial charge in [0.15, 0.2) is 0 Å². The normalized spacial score (nSPS) is 11.2. The SMILES string of the molecule is CN(Cc1ccccc1)c1nccc(NC(C)(C)C)n1. The van der Waals surface area contributed by atoms with Crippen LogP contribution in [0.1, 0.15) is 26.3 Å². The zero-order valence-electron chi connectivity index (χ0n) is 12.6. The number of aromatic nitrogens is 2. The van der Waals surface area contributed by atoms with Crippen molar-refractivity contribution in [3.63, 3.8) is 0 Å². The molecule has 0 unspecified atom stereocenters. The van der Waals surface area contributed by atoms with Gasteiger partial charge in [-0.15, -0.1) is 0 Å². The van der Waals surface area contributed by atoms with Crippen molar-refractivity contribution in [1.82, 2.24) is 9.97 Å². The highest BCUT2D eigenvalue weighted by Gasteiger charge is 2.12. The van der Waals surface area contributed by atoms with Crippen LogP contribution in [0.4, 0.5) is 11.8 Å². The number of anilines is 2. The first-order chi connectivity index (χ1) is 9.44. The van der Waals surface area contributed by atoms with Crippen LogP contribution in [0, 0.1) is 0 Å². The van der Waals surface area contributed by atoms with Crippen molar-refractivity contribution in [2.24, 2.45) is 0 Å². The van der Waals surface area contributed by atoms with Gasteiger partial charge in [-0.3, -0.25) is 0 Å². The minimum atomic E-state index is -0.0103. The van der Waals surface area contributed by atoms with Gasteiger partial charge in [0.1, 0.15) is 5.82 Å². The predicted octanol–water partition coefficient (Wildman–Crippen LogP) is 3.32. The first-order valence-corrected chi connectivity index (χ1v) is 6.80. The Morgan fingerprint density at radius 3 is 2.45 bits per heavy atom. The van der Waals surface area contributed by atoms with Crippen LogP contribution < -0.4 is 10.2 Å². The second-order valence-corrected chi connectivity index (χ2v) is 5.96. The summed E-state index contributed by atoms with van der Waals surface area (Å²) >= 11 is 0. The Morgan fingerprint density at radius 1 is 1.10 bits per heavy atom. The molecule has 0 spiro atoms. The molecule has 1 heterocycles. The van der Waals surface area contributed by atoms with Gasteiger partial charge in [0.2, 0.25) is 5.95 Å². The molecule has 4 heteroatoms. The molecule has 0 amide bonds. The highest BCUT2D eigenvalue weighted by Crippen LogP contribution is 2.15. The Kier molecular flexibility index (Phi) is 4.23. The van der Waals surface area contributed by atoms with Crippen molar-refractivity contribution in [2.45, 2.75) is 32.9 Å². The second kappa shape index (κ2) is 5.90. The summed E-state index contributed by atoms with van der Waals surface area (Å²) in [5.74, 6) is 1.57. The van der Waals surface area contributed by atoms with E-state index in [1.807, 2.05) is 36.2 Å². The largest absolute Gasteiger partial charge is 0.365 e. The average Bonchev–Trinajstić information content (AvgIpc) is 2.38. The molecule has 1 N–H and O–H groups in total. The summed E-state index contributed by atoms with van der Waals surface area (Å²) in [7, 11) is 2.00. The van der Waals surface area contributed by atoms with Gasteiger partial charge < -0.3 is 10.2 Å². The molecule has 1 aromatic carbocycles. The van der Waals surface area contributed by atoms with Crippen LogP contribution in [0.3, 0.4) is 0 Å². The van der Waals surface area contributed by atoms with Gasteiger partial charge in [0.05, 0.1) is 0 Å². The highest BCUT2D eigenvalue weighted by molar-refractivity contribution is 5.42.